The molecule has 8 nitrogen and oxygen atoms in total. The van der Waals surface area contributed by atoms with Crippen LogP contribution < -0.4 is 0 Å². The summed E-state index contributed by atoms with van der Waals surface area (Å²) in [6.45, 7) is 0. The summed E-state index contributed by atoms with van der Waals surface area (Å²) in [5.41, 5.74) is 0.0313. The number of aliphatic carboxylic acids is 1. The van der Waals surface area contributed by atoms with Gasteiger partial charge in [-0.3, -0.25) is 13.7 Å². The molecule has 0 spiro atoms. The Morgan fingerprint density at radius 1 is 1.15 bits per heavy atom. The van der Waals surface area contributed by atoms with Crippen molar-refractivity contribution in [2.24, 2.45) is 0 Å². The van der Waals surface area contributed by atoms with Crippen molar-refractivity contribution in [1.82, 2.24) is 0 Å². The van der Waals surface area contributed by atoms with Crippen molar-refractivity contribution in [3.8, 4) is 0 Å². The average Bonchev–Trinajstić information content (AvgIpc) is 2.34. The van der Waals surface area contributed by atoms with Gasteiger partial charge >= 0.3 is 21.2 Å². The summed E-state index contributed by atoms with van der Waals surface area (Å²) in [5, 5.41) is 8.98. The molecule has 0 bridgehead atoms. The van der Waals surface area contributed by atoms with Crippen LogP contribution in [0, 0.1) is 0 Å². The van der Waals surface area contributed by atoms with Crippen molar-refractivity contribution in [3.05, 3.63) is 35.9 Å². The van der Waals surface area contributed by atoms with E-state index in [4.69, 9.17) is 26.5 Å². The molecule has 0 heterocycles. The van der Waals surface area contributed by atoms with Crippen LogP contribution in [0.2, 0.25) is 0 Å². The minimum absolute atomic E-state index is 0.0313. The zero-order valence-corrected chi connectivity index (χ0v) is 12.3. The van der Waals surface area contributed by atoms with Crippen molar-refractivity contribution < 1.29 is 38.2 Å². The molecule has 0 aliphatic carbocycles. The first kappa shape index (κ1) is 17.3. The summed E-state index contributed by atoms with van der Waals surface area (Å²) in [4.78, 5) is 35.5. The zero-order chi connectivity index (χ0) is 15.6. The second-order valence-corrected chi connectivity index (χ2v) is 8.70. The Balaban J connectivity index is 3.06. The monoisotopic (exact) mass is 344 g/mol. The molecule has 0 fully saturated rings. The summed E-state index contributed by atoms with van der Waals surface area (Å²) in [5.74, 6) is -1.60. The van der Waals surface area contributed by atoms with Crippen LogP contribution >= 0.6 is 26.8 Å². The van der Waals surface area contributed by atoms with Gasteiger partial charge in [0.1, 0.15) is 0 Å². The van der Waals surface area contributed by atoms with Crippen LogP contribution in [-0.2, 0) is 18.4 Å². The molecule has 0 saturated heterocycles. The van der Waals surface area contributed by atoms with E-state index in [0.717, 1.165) is 0 Å². The maximum Gasteiger partial charge on any atom is 0.359 e. The summed E-state index contributed by atoms with van der Waals surface area (Å²) in [7, 11) is -10.2. The normalized spacial score (nSPS) is 18.0. The molecule has 1 aromatic carbocycles. The van der Waals surface area contributed by atoms with Crippen molar-refractivity contribution >= 4 is 32.8 Å². The number of halogens is 1. The first-order chi connectivity index (χ1) is 9.05. The molecule has 4 N–H and O–H groups in total. The second kappa shape index (κ2) is 6.37. The minimum atomic E-state index is -5.12. The van der Waals surface area contributed by atoms with Gasteiger partial charge < -0.3 is 19.8 Å². The summed E-state index contributed by atoms with van der Waals surface area (Å²) in [6.07, 6.45) is -1.88. The molecular formula is C9H11ClO8P2. The van der Waals surface area contributed by atoms with Gasteiger partial charge in [-0.15, -0.1) is 0 Å². The molecule has 2 unspecified atom stereocenters. The lowest BCUT2D eigenvalue weighted by Crippen LogP contribution is -2.16. The van der Waals surface area contributed by atoms with Gasteiger partial charge in [0, 0.05) is 0 Å². The Labute approximate surface area is 118 Å². The Morgan fingerprint density at radius 3 is 2.05 bits per heavy atom. The quantitative estimate of drug-likeness (QED) is 0.451. The van der Waals surface area contributed by atoms with Crippen molar-refractivity contribution in [3.63, 3.8) is 0 Å². The highest BCUT2D eigenvalue weighted by Gasteiger charge is 2.46. The highest BCUT2D eigenvalue weighted by molar-refractivity contribution is 7.74. The fourth-order valence-electron chi connectivity index (χ4n) is 1.27. The number of carbonyl (C=O) groups is 1. The van der Waals surface area contributed by atoms with Gasteiger partial charge in [-0.05, 0) is 5.56 Å². The van der Waals surface area contributed by atoms with Crippen LogP contribution in [0.25, 0.3) is 0 Å². The van der Waals surface area contributed by atoms with Crippen LogP contribution in [0.15, 0.2) is 30.3 Å². The third kappa shape index (κ3) is 4.40. The van der Waals surface area contributed by atoms with Gasteiger partial charge in [0.15, 0.2) is 6.10 Å². The Hall–Kier alpha value is -0.720. The molecule has 1 rings (SSSR count). The summed E-state index contributed by atoms with van der Waals surface area (Å²) >= 11 is 5.19. The standard InChI is InChI=1S/C9H11ClO8P2/c10-9(19(13,14)15)20(16,17)18-7(8(11)12)6-4-2-1-3-5-6/h1-5,7,9H,(H,11,12)(H,16,17)(H2,13,14,15)/t7-,9?/m0/s1. The molecule has 112 valence electrons. The van der Waals surface area contributed by atoms with Crippen molar-refractivity contribution in [2.45, 2.75) is 11.0 Å². The van der Waals surface area contributed by atoms with Crippen molar-refractivity contribution in [1.29, 1.82) is 0 Å². The van der Waals surface area contributed by atoms with Crippen LogP contribution in [0.1, 0.15) is 11.7 Å². The number of hydrogen-bond acceptors (Lipinski definition) is 4. The zero-order valence-electron chi connectivity index (χ0n) is 9.74. The number of carboxylic acid groups (broad SMARTS) is 1. The topological polar surface area (TPSA) is 141 Å². The highest BCUT2D eigenvalue weighted by atomic mass is 35.5. The summed E-state index contributed by atoms with van der Waals surface area (Å²) in [6, 6.07) is 7.16. The first-order valence-electron chi connectivity index (χ1n) is 5.03. The van der Waals surface area contributed by atoms with E-state index in [1.54, 1.807) is 6.07 Å². The molecule has 0 radical (unpaired) electrons. The van der Waals surface area contributed by atoms with Crippen LogP contribution in [0.4, 0.5) is 0 Å². The van der Waals surface area contributed by atoms with E-state index >= 15 is 0 Å². The summed E-state index contributed by atoms with van der Waals surface area (Å²) < 4.78 is 27.0. The van der Waals surface area contributed by atoms with Crippen LogP contribution in [0.5, 0.6) is 0 Å². The number of benzene rings is 1. The first-order valence-corrected chi connectivity index (χ1v) is 8.80. The lowest BCUT2D eigenvalue weighted by atomic mass is 10.1. The Morgan fingerprint density at radius 2 is 1.65 bits per heavy atom. The van der Waals surface area contributed by atoms with Gasteiger partial charge in [-0.25, -0.2) is 4.79 Å². The van der Waals surface area contributed by atoms with Gasteiger partial charge in [0.05, 0.1) is 0 Å². The molecule has 0 aliphatic rings. The molecule has 3 atom stereocenters. The fourth-order valence-corrected chi connectivity index (χ4v) is 3.70. The lowest BCUT2D eigenvalue weighted by molar-refractivity contribution is -0.145. The van der Waals surface area contributed by atoms with E-state index in [-0.39, 0.29) is 5.56 Å². The molecular weight excluding hydrogens is 333 g/mol. The molecule has 20 heavy (non-hydrogen) atoms. The van der Waals surface area contributed by atoms with Gasteiger partial charge in [0.2, 0.25) is 4.86 Å². The Kier molecular flexibility index (Phi) is 5.52. The molecule has 11 heteroatoms. The molecule has 0 saturated carbocycles. The van der Waals surface area contributed by atoms with Crippen molar-refractivity contribution in [2.75, 3.05) is 0 Å². The van der Waals surface area contributed by atoms with Gasteiger partial charge in [-0.2, -0.15) is 0 Å². The Bertz CT molecular complexity index is 571. The van der Waals surface area contributed by atoms with E-state index in [1.165, 1.54) is 24.3 Å². The molecule has 1 aromatic rings. The van der Waals surface area contributed by atoms with Crippen LogP contribution in [0.3, 0.4) is 0 Å². The second-order valence-electron chi connectivity index (χ2n) is 3.70. The smallest absolute Gasteiger partial charge is 0.359 e. The number of alkyl halides is 1. The van der Waals surface area contributed by atoms with E-state index in [1.807, 2.05) is 0 Å². The third-order valence-corrected chi connectivity index (χ3v) is 7.02. The maximum absolute atomic E-state index is 11.7. The molecule has 0 aliphatic heterocycles. The molecule has 0 amide bonds. The van der Waals surface area contributed by atoms with E-state index in [0.29, 0.717) is 0 Å². The SMILES string of the molecule is O=C(O)[C@@H](OP(=O)(O)C(Cl)P(=O)(O)O)c1ccccc1. The highest BCUT2D eigenvalue weighted by Crippen LogP contribution is 2.66. The van der Waals surface area contributed by atoms with Gasteiger partial charge in [0.25, 0.3) is 0 Å². The number of rotatable bonds is 6. The third-order valence-electron chi connectivity index (χ3n) is 2.13. The van der Waals surface area contributed by atoms with Gasteiger partial charge in [-0.1, -0.05) is 41.9 Å². The predicted octanol–water partition coefficient (Wildman–Crippen LogP) is 1.71. The number of carboxylic acids is 1. The predicted molar refractivity (Wildman–Crippen MR) is 69.4 cm³/mol. The van der Waals surface area contributed by atoms with Crippen LogP contribution in [-0.4, -0.2) is 30.6 Å². The van der Waals surface area contributed by atoms with E-state index in [2.05, 4.69) is 4.52 Å². The average molecular weight is 345 g/mol. The maximum atomic E-state index is 11.7. The van der Waals surface area contributed by atoms with E-state index in [9.17, 15) is 18.8 Å². The lowest BCUT2D eigenvalue weighted by Gasteiger charge is -2.22. The fraction of sp³-hybridized carbons (Fsp3) is 0.222. The molecule has 0 aromatic heterocycles. The largest absolute Gasteiger partial charge is 0.479 e. The van der Waals surface area contributed by atoms with E-state index < -0.39 is 32.1 Å². The number of hydrogen-bond donors (Lipinski definition) is 4. The minimum Gasteiger partial charge on any atom is -0.479 e.